The molecule has 3 atom stereocenters. The highest BCUT2D eigenvalue weighted by Crippen LogP contribution is 2.08. The predicted octanol–water partition coefficient (Wildman–Crippen LogP) is 3.15. The Kier molecular flexibility index (Phi) is 11.9. The summed E-state index contributed by atoms with van der Waals surface area (Å²) in [5, 5.41) is 8.53. The molecule has 2 rings (SSSR count). The Morgan fingerprint density at radius 1 is 0.833 bits per heavy atom. The molecule has 0 spiro atoms. The molecule has 3 amide bonds. The van der Waals surface area contributed by atoms with Crippen molar-refractivity contribution in [2.24, 2.45) is 17.6 Å². The van der Waals surface area contributed by atoms with Crippen LogP contribution >= 0.6 is 0 Å². The van der Waals surface area contributed by atoms with Crippen LogP contribution in [-0.2, 0) is 27.4 Å². The van der Waals surface area contributed by atoms with Gasteiger partial charge in [0.25, 0.3) is 0 Å². The molecule has 2 aromatic rings. The van der Waals surface area contributed by atoms with Gasteiger partial charge in [-0.1, -0.05) is 88.4 Å². The minimum atomic E-state index is -0.845. The van der Waals surface area contributed by atoms with Crippen molar-refractivity contribution in [1.82, 2.24) is 16.0 Å². The lowest BCUT2D eigenvalue weighted by Crippen LogP contribution is -2.54. The number of carbonyl (C=O) groups excluding carboxylic acids is 3. The van der Waals surface area contributed by atoms with Gasteiger partial charge < -0.3 is 26.4 Å². The lowest BCUT2D eigenvalue weighted by Gasteiger charge is -2.26. The van der Waals surface area contributed by atoms with Crippen LogP contribution in [0.2, 0.25) is 0 Å². The smallest absolute Gasteiger partial charge is 0.408 e. The fraction of sp³-hybridized carbons (Fsp3) is 0.464. The zero-order valence-corrected chi connectivity index (χ0v) is 21.7. The fourth-order valence-corrected chi connectivity index (χ4v) is 3.66. The van der Waals surface area contributed by atoms with Crippen LogP contribution in [-0.4, -0.2) is 42.6 Å². The molecule has 0 bridgehead atoms. The highest BCUT2D eigenvalue weighted by Gasteiger charge is 2.25. The number of hydrogen-bond acceptors (Lipinski definition) is 5. The molecule has 0 aliphatic rings. The van der Waals surface area contributed by atoms with Gasteiger partial charge in [0.05, 0.1) is 6.04 Å². The van der Waals surface area contributed by atoms with E-state index < -0.39 is 18.2 Å². The Hall–Kier alpha value is -3.39. The monoisotopic (exact) mass is 496 g/mol. The van der Waals surface area contributed by atoms with Crippen molar-refractivity contribution in [2.45, 2.75) is 65.3 Å². The SMILES string of the molecule is CC(C)C[C@H](N)C(=O)N[C@H](CNC(=O)[C@H](Cc1ccccc1)NC(=O)OCc1ccccc1)C(C)C. The molecule has 0 saturated heterocycles. The highest BCUT2D eigenvalue weighted by atomic mass is 16.5. The lowest BCUT2D eigenvalue weighted by molar-refractivity contribution is -0.125. The first-order chi connectivity index (χ1) is 17.2. The van der Waals surface area contributed by atoms with Crippen LogP contribution in [0.3, 0.4) is 0 Å². The van der Waals surface area contributed by atoms with Crippen molar-refractivity contribution in [3.8, 4) is 0 Å². The van der Waals surface area contributed by atoms with Gasteiger partial charge in [0.1, 0.15) is 12.6 Å². The maximum Gasteiger partial charge on any atom is 0.408 e. The van der Waals surface area contributed by atoms with Crippen LogP contribution in [0.4, 0.5) is 4.79 Å². The van der Waals surface area contributed by atoms with Crippen LogP contribution in [0, 0.1) is 11.8 Å². The standard InChI is InChI=1S/C28H40N4O4/c1-19(2)15-23(29)26(33)31-25(20(3)4)17-30-27(34)24(16-21-11-7-5-8-12-21)32-28(35)36-18-22-13-9-6-10-14-22/h5-14,19-20,23-25H,15-18,29H2,1-4H3,(H,30,34)(H,31,33)(H,32,35)/t23-,24-,25+/m0/s1. The highest BCUT2D eigenvalue weighted by molar-refractivity contribution is 5.86. The molecule has 8 heteroatoms. The molecule has 196 valence electrons. The molecule has 2 aromatic carbocycles. The van der Waals surface area contributed by atoms with Gasteiger partial charge in [-0.15, -0.1) is 0 Å². The third kappa shape index (κ3) is 10.5. The first-order valence-electron chi connectivity index (χ1n) is 12.5. The summed E-state index contributed by atoms with van der Waals surface area (Å²) in [6.07, 6.45) is 0.200. The lowest BCUT2D eigenvalue weighted by atomic mass is 10.0. The van der Waals surface area contributed by atoms with Gasteiger partial charge in [-0.2, -0.15) is 0 Å². The molecule has 0 fully saturated rings. The number of carbonyl (C=O) groups is 3. The van der Waals surface area contributed by atoms with E-state index in [1.165, 1.54) is 0 Å². The van der Waals surface area contributed by atoms with E-state index in [0.29, 0.717) is 18.8 Å². The second-order valence-corrected chi connectivity index (χ2v) is 9.79. The third-order valence-corrected chi connectivity index (χ3v) is 5.79. The molecule has 0 unspecified atom stereocenters. The van der Waals surface area contributed by atoms with E-state index in [0.717, 1.165) is 11.1 Å². The number of rotatable bonds is 13. The van der Waals surface area contributed by atoms with Gasteiger partial charge in [-0.3, -0.25) is 9.59 Å². The molecule has 0 radical (unpaired) electrons. The number of ether oxygens (including phenoxy) is 1. The maximum absolute atomic E-state index is 13.1. The fourth-order valence-electron chi connectivity index (χ4n) is 3.66. The van der Waals surface area contributed by atoms with Gasteiger partial charge in [-0.05, 0) is 29.4 Å². The Morgan fingerprint density at radius 3 is 1.97 bits per heavy atom. The molecule has 0 aliphatic heterocycles. The van der Waals surface area contributed by atoms with E-state index >= 15 is 0 Å². The van der Waals surface area contributed by atoms with E-state index in [4.69, 9.17) is 10.5 Å². The van der Waals surface area contributed by atoms with Crippen LogP contribution < -0.4 is 21.7 Å². The summed E-state index contributed by atoms with van der Waals surface area (Å²) >= 11 is 0. The minimum Gasteiger partial charge on any atom is -0.445 e. The summed E-state index contributed by atoms with van der Waals surface area (Å²) in [5.41, 5.74) is 7.77. The summed E-state index contributed by atoms with van der Waals surface area (Å²) < 4.78 is 5.32. The molecular formula is C28H40N4O4. The largest absolute Gasteiger partial charge is 0.445 e. The van der Waals surface area contributed by atoms with Crippen LogP contribution in [0.25, 0.3) is 0 Å². The topological polar surface area (TPSA) is 123 Å². The molecule has 0 heterocycles. The quantitative estimate of drug-likeness (QED) is 0.339. The second kappa shape index (κ2) is 14.9. The number of alkyl carbamates (subject to hydrolysis) is 1. The average Bonchev–Trinajstić information content (AvgIpc) is 2.85. The Balaban J connectivity index is 2.00. The third-order valence-electron chi connectivity index (χ3n) is 5.79. The average molecular weight is 497 g/mol. The van der Waals surface area contributed by atoms with Crippen molar-refractivity contribution in [3.05, 3.63) is 71.8 Å². The first-order valence-corrected chi connectivity index (χ1v) is 12.5. The Bertz CT molecular complexity index is 951. The molecule has 36 heavy (non-hydrogen) atoms. The van der Waals surface area contributed by atoms with Crippen LogP contribution in [0.15, 0.2) is 60.7 Å². The maximum atomic E-state index is 13.1. The zero-order valence-electron chi connectivity index (χ0n) is 21.7. The summed E-state index contributed by atoms with van der Waals surface area (Å²) in [5.74, 6) is -0.228. The van der Waals surface area contributed by atoms with E-state index in [-0.39, 0.29) is 36.9 Å². The van der Waals surface area contributed by atoms with Crippen LogP contribution in [0.1, 0.15) is 45.2 Å². The van der Waals surface area contributed by atoms with Gasteiger partial charge >= 0.3 is 6.09 Å². The van der Waals surface area contributed by atoms with E-state index in [1.807, 2.05) is 88.4 Å². The molecule has 8 nitrogen and oxygen atoms in total. The molecule has 0 aromatic heterocycles. The van der Waals surface area contributed by atoms with Crippen molar-refractivity contribution >= 4 is 17.9 Å². The van der Waals surface area contributed by atoms with Crippen molar-refractivity contribution in [1.29, 1.82) is 0 Å². The van der Waals surface area contributed by atoms with E-state index in [2.05, 4.69) is 16.0 Å². The summed E-state index contributed by atoms with van der Waals surface area (Å²) in [7, 11) is 0. The minimum absolute atomic E-state index is 0.0665. The number of hydrogen-bond donors (Lipinski definition) is 4. The van der Waals surface area contributed by atoms with Gasteiger partial charge in [0.15, 0.2) is 0 Å². The molecular weight excluding hydrogens is 456 g/mol. The zero-order chi connectivity index (χ0) is 26.5. The van der Waals surface area contributed by atoms with E-state index in [9.17, 15) is 14.4 Å². The summed E-state index contributed by atoms with van der Waals surface area (Å²) in [4.78, 5) is 38.1. The normalized spacial score (nSPS) is 13.5. The van der Waals surface area contributed by atoms with Crippen molar-refractivity contribution in [2.75, 3.05) is 6.54 Å². The van der Waals surface area contributed by atoms with Crippen molar-refractivity contribution < 1.29 is 19.1 Å². The van der Waals surface area contributed by atoms with Crippen molar-refractivity contribution in [3.63, 3.8) is 0 Å². The van der Waals surface area contributed by atoms with Gasteiger partial charge in [0.2, 0.25) is 11.8 Å². The number of nitrogens with one attached hydrogen (secondary N) is 3. The van der Waals surface area contributed by atoms with Crippen LogP contribution in [0.5, 0.6) is 0 Å². The molecule has 0 saturated carbocycles. The Labute approximate surface area is 214 Å². The molecule has 5 N–H and O–H groups in total. The predicted molar refractivity (Wildman–Crippen MR) is 141 cm³/mol. The first kappa shape index (κ1) is 28.8. The second-order valence-electron chi connectivity index (χ2n) is 9.79. The summed E-state index contributed by atoms with van der Waals surface area (Å²) in [6, 6.07) is 17.0. The van der Waals surface area contributed by atoms with Gasteiger partial charge in [0, 0.05) is 19.0 Å². The molecule has 0 aliphatic carbocycles. The Morgan fingerprint density at radius 2 is 1.42 bits per heavy atom. The number of benzene rings is 2. The summed E-state index contributed by atoms with van der Waals surface area (Å²) in [6.45, 7) is 8.26. The van der Waals surface area contributed by atoms with E-state index in [1.54, 1.807) is 0 Å². The number of amides is 3. The number of nitrogens with two attached hydrogens (primary N) is 1. The van der Waals surface area contributed by atoms with Gasteiger partial charge in [-0.25, -0.2) is 4.79 Å².